The third-order valence-corrected chi connectivity index (χ3v) is 6.57. The summed E-state index contributed by atoms with van der Waals surface area (Å²) in [5.74, 6) is 0.482. The van der Waals surface area contributed by atoms with Crippen LogP contribution >= 0.6 is 0 Å². The van der Waals surface area contributed by atoms with Gasteiger partial charge in [0.2, 0.25) is 5.91 Å². The number of anilines is 1. The van der Waals surface area contributed by atoms with Crippen molar-refractivity contribution in [2.75, 3.05) is 25.0 Å². The van der Waals surface area contributed by atoms with Crippen LogP contribution in [-0.4, -0.2) is 41.7 Å². The predicted octanol–water partition coefficient (Wildman–Crippen LogP) is 3.38. The number of carbonyl (C=O) groups is 1. The van der Waals surface area contributed by atoms with E-state index in [0.29, 0.717) is 31.8 Å². The lowest BCUT2D eigenvalue weighted by molar-refractivity contribution is -0.129. The van der Waals surface area contributed by atoms with E-state index in [1.54, 1.807) is 4.90 Å². The van der Waals surface area contributed by atoms with Gasteiger partial charge >= 0.3 is 0 Å². The molecule has 5 nitrogen and oxygen atoms in total. The van der Waals surface area contributed by atoms with Crippen LogP contribution in [0.25, 0.3) is 0 Å². The molecule has 1 amide bonds. The average Bonchev–Trinajstić information content (AvgIpc) is 3.37. The molecule has 3 aliphatic heterocycles. The van der Waals surface area contributed by atoms with Gasteiger partial charge in [-0.05, 0) is 37.0 Å². The normalized spacial score (nSPS) is 28.0. The zero-order valence-electron chi connectivity index (χ0n) is 16.8. The second-order valence-electron chi connectivity index (χ2n) is 8.66. The fourth-order valence-electron chi connectivity index (χ4n) is 5.08. The average molecular weight is 392 g/mol. The molecule has 2 aromatic rings. The highest BCUT2D eigenvalue weighted by atomic mass is 16.5. The number of hydrogen-bond donors (Lipinski definition) is 2. The number of carbonyl (C=O) groups excluding carboxylic acids is 1. The Morgan fingerprint density at radius 1 is 1.24 bits per heavy atom. The molecule has 1 unspecified atom stereocenters. The highest BCUT2D eigenvalue weighted by molar-refractivity contribution is 5.79. The van der Waals surface area contributed by atoms with Gasteiger partial charge in [0.25, 0.3) is 0 Å². The minimum absolute atomic E-state index is 0.0698. The van der Waals surface area contributed by atoms with Gasteiger partial charge in [-0.15, -0.1) is 0 Å². The van der Waals surface area contributed by atoms with Crippen LogP contribution in [0.1, 0.15) is 47.2 Å². The molecule has 0 aliphatic carbocycles. The molecule has 0 aromatic heterocycles. The van der Waals surface area contributed by atoms with E-state index < -0.39 is 0 Å². The molecule has 152 valence electrons. The monoisotopic (exact) mass is 392 g/mol. The number of nitrogens with one attached hydrogen (secondary N) is 1. The Hall–Kier alpha value is -2.37. The number of fused-ring (bicyclic) bond motifs is 3. The summed E-state index contributed by atoms with van der Waals surface area (Å²) in [6, 6.07) is 15.2. The van der Waals surface area contributed by atoms with Gasteiger partial charge in [0.1, 0.15) is 0 Å². The largest absolute Gasteiger partial charge is 0.391 e. The molecular weight excluding hydrogens is 364 g/mol. The molecule has 0 spiro atoms. The number of rotatable bonds is 3. The predicted molar refractivity (Wildman–Crippen MR) is 112 cm³/mol. The van der Waals surface area contributed by atoms with Gasteiger partial charge in [0, 0.05) is 36.9 Å². The van der Waals surface area contributed by atoms with Crippen LogP contribution in [0.4, 0.5) is 5.69 Å². The first-order chi connectivity index (χ1) is 14.1. The second-order valence-corrected chi connectivity index (χ2v) is 8.66. The van der Waals surface area contributed by atoms with E-state index in [4.69, 9.17) is 4.74 Å². The molecule has 5 heteroatoms. The number of nitrogens with zero attached hydrogens (tertiary/aromatic N) is 1. The molecule has 0 radical (unpaired) electrons. The number of β-amino-alcohol motifs (C(OH)–C–C–N with tert-alkyl or cyclic N) is 1. The smallest absolute Gasteiger partial charge is 0.227 e. The van der Waals surface area contributed by atoms with E-state index in [-0.39, 0.29) is 24.2 Å². The maximum Gasteiger partial charge on any atom is 0.227 e. The number of benzene rings is 2. The number of hydrogen-bond acceptors (Lipinski definition) is 4. The van der Waals surface area contributed by atoms with Gasteiger partial charge in [0.05, 0.1) is 24.7 Å². The third kappa shape index (κ3) is 3.53. The Kier molecular flexibility index (Phi) is 4.80. The Bertz CT molecular complexity index is 928. The number of aliphatic hydroxyl groups is 1. The summed E-state index contributed by atoms with van der Waals surface area (Å²) in [5, 5.41) is 13.4. The number of ether oxygens (including phenoxy) is 1. The number of aryl methyl sites for hydroxylation is 1. The Labute approximate surface area is 171 Å². The van der Waals surface area contributed by atoms with Crippen molar-refractivity contribution in [3.63, 3.8) is 0 Å². The fraction of sp³-hybridized carbons (Fsp3) is 0.458. The molecule has 0 bridgehead atoms. The zero-order chi connectivity index (χ0) is 20.0. The van der Waals surface area contributed by atoms with E-state index in [0.717, 1.165) is 24.3 Å². The molecule has 3 aliphatic rings. The fourth-order valence-corrected chi connectivity index (χ4v) is 5.08. The number of amides is 1. The lowest BCUT2D eigenvalue weighted by Gasteiger charge is -2.37. The van der Waals surface area contributed by atoms with Gasteiger partial charge in [-0.3, -0.25) is 4.79 Å². The van der Waals surface area contributed by atoms with Gasteiger partial charge in [-0.2, -0.15) is 0 Å². The summed E-state index contributed by atoms with van der Waals surface area (Å²) in [6.45, 7) is 4.01. The SMILES string of the molecule is Cc1cccc([C@H]2Nc3ccc(CC(=O)N4CC[C@H](O)C4)cc3[C@@H]3OCCC23)c1. The van der Waals surface area contributed by atoms with E-state index in [1.165, 1.54) is 16.7 Å². The number of likely N-dealkylation sites (tertiary alicyclic amines) is 1. The minimum atomic E-state index is -0.377. The van der Waals surface area contributed by atoms with Crippen molar-refractivity contribution in [2.24, 2.45) is 5.92 Å². The van der Waals surface area contributed by atoms with E-state index in [9.17, 15) is 9.90 Å². The van der Waals surface area contributed by atoms with E-state index in [1.807, 2.05) is 6.07 Å². The van der Waals surface area contributed by atoms with Crippen molar-refractivity contribution < 1.29 is 14.6 Å². The van der Waals surface area contributed by atoms with Crippen LogP contribution in [0.2, 0.25) is 0 Å². The minimum Gasteiger partial charge on any atom is -0.391 e. The van der Waals surface area contributed by atoms with Crippen molar-refractivity contribution in [3.05, 3.63) is 64.7 Å². The second kappa shape index (κ2) is 7.47. The Morgan fingerprint density at radius 3 is 2.93 bits per heavy atom. The van der Waals surface area contributed by atoms with Crippen molar-refractivity contribution in [3.8, 4) is 0 Å². The molecule has 3 heterocycles. The number of aliphatic hydroxyl groups excluding tert-OH is 1. The maximum absolute atomic E-state index is 12.6. The van der Waals surface area contributed by atoms with Crippen molar-refractivity contribution in [1.29, 1.82) is 0 Å². The first-order valence-corrected chi connectivity index (χ1v) is 10.6. The Morgan fingerprint density at radius 2 is 2.14 bits per heavy atom. The van der Waals surface area contributed by atoms with E-state index in [2.05, 4.69) is 48.6 Å². The maximum atomic E-state index is 12.6. The Balaban J connectivity index is 1.40. The van der Waals surface area contributed by atoms with Gasteiger partial charge < -0.3 is 20.1 Å². The van der Waals surface area contributed by atoms with Crippen molar-refractivity contribution in [1.82, 2.24) is 4.90 Å². The summed E-state index contributed by atoms with van der Waals surface area (Å²) >= 11 is 0. The molecule has 2 fully saturated rings. The zero-order valence-corrected chi connectivity index (χ0v) is 16.8. The van der Waals surface area contributed by atoms with Crippen LogP contribution < -0.4 is 5.32 Å². The van der Waals surface area contributed by atoms with Crippen molar-refractivity contribution in [2.45, 2.75) is 44.4 Å². The van der Waals surface area contributed by atoms with Gasteiger partial charge in [-0.25, -0.2) is 0 Å². The topological polar surface area (TPSA) is 61.8 Å². The first-order valence-electron chi connectivity index (χ1n) is 10.6. The van der Waals surface area contributed by atoms with Crippen LogP contribution in [0.5, 0.6) is 0 Å². The summed E-state index contributed by atoms with van der Waals surface area (Å²) < 4.78 is 6.17. The highest BCUT2D eigenvalue weighted by Gasteiger charge is 2.41. The summed E-state index contributed by atoms with van der Waals surface area (Å²) in [5.41, 5.74) is 5.87. The molecule has 29 heavy (non-hydrogen) atoms. The molecule has 5 rings (SSSR count). The van der Waals surface area contributed by atoms with Gasteiger partial charge in [0.15, 0.2) is 0 Å². The van der Waals surface area contributed by atoms with Crippen LogP contribution in [0.3, 0.4) is 0 Å². The van der Waals surface area contributed by atoms with Crippen LogP contribution in [0, 0.1) is 12.8 Å². The molecule has 2 aromatic carbocycles. The van der Waals surface area contributed by atoms with E-state index >= 15 is 0 Å². The highest BCUT2D eigenvalue weighted by Crippen LogP contribution is 2.50. The summed E-state index contributed by atoms with van der Waals surface area (Å²) in [7, 11) is 0. The molecule has 0 saturated carbocycles. The molecule has 2 saturated heterocycles. The molecule has 4 atom stereocenters. The quantitative estimate of drug-likeness (QED) is 0.841. The third-order valence-electron chi connectivity index (χ3n) is 6.57. The molecule has 2 N–H and O–H groups in total. The summed E-state index contributed by atoms with van der Waals surface area (Å²) in [6.07, 6.45) is 1.78. The lowest BCUT2D eigenvalue weighted by atomic mass is 9.80. The lowest BCUT2D eigenvalue weighted by Crippen LogP contribution is -2.31. The van der Waals surface area contributed by atoms with Crippen LogP contribution in [-0.2, 0) is 16.0 Å². The van der Waals surface area contributed by atoms with Gasteiger partial charge in [-0.1, -0.05) is 42.0 Å². The standard InChI is InChI=1S/C24H28N2O3/c1-15-3-2-4-17(11-15)23-19-8-10-29-24(19)20-12-16(5-6-21(20)25-23)13-22(28)26-9-7-18(27)14-26/h2-6,11-12,18-19,23-25,27H,7-10,13-14H2,1H3/t18-,19?,23+,24+/m0/s1. The molecular formula is C24H28N2O3. The summed E-state index contributed by atoms with van der Waals surface area (Å²) in [4.78, 5) is 14.4. The van der Waals surface area contributed by atoms with Crippen molar-refractivity contribution >= 4 is 11.6 Å². The van der Waals surface area contributed by atoms with Crippen LogP contribution in [0.15, 0.2) is 42.5 Å². The first kappa shape index (κ1) is 18.6.